The van der Waals surface area contributed by atoms with E-state index in [0.717, 1.165) is 5.56 Å². The summed E-state index contributed by atoms with van der Waals surface area (Å²) in [6.07, 6.45) is 0. The molecule has 0 aromatic heterocycles. The monoisotopic (exact) mass is 203 g/mol. The predicted octanol–water partition coefficient (Wildman–Crippen LogP) is 1.45. The SMILES string of the molecule is CC#CCNC(=O)c1ccc(O)cc1C. The molecular weight excluding hydrogens is 190 g/mol. The number of phenols is 1. The molecule has 15 heavy (non-hydrogen) atoms. The molecule has 3 nitrogen and oxygen atoms in total. The van der Waals surface area contributed by atoms with Gasteiger partial charge in [-0.2, -0.15) is 0 Å². The van der Waals surface area contributed by atoms with E-state index in [0.29, 0.717) is 12.1 Å². The van der Waals surface area contributed by atoms with Gasteiger partial charge < -0.3 is 10.4 Å². The number of nitrogens with one attached hydrogen (secondary N) is 1. The van der Waals surface area contributed by atoms with Crippen LogP contribution in [0.2, 0.25) is 0 Å². The summed E-state index contributed by atoms with van der Waals surface area (Å²) in [5.74, 6) is 5.44. The van der Waals surface area contributed by atoms with E-state index in [1.807, 2.05) is 0 Å². The van der Waals surface area contributed by atoms with Crippen molar-refractivity contribution in [3.8, 4) is 17.6 Å². The second-order valence-corrected chi connectivity index (χ2v) is 3.11. The Hall–Kier alpha value is -1.95. The first-order chi connectivity index (χ1) is 7.15. The van der Waals surface area contributed by atoms with E-state index < -0.39 is 0 Å². The third-order valence-corrected chi connectivity index (χ3v) is 1.97. The third-order valence-electron chi connectivity index (χ3n) is 1.97. The van der Waals surface area contributed by atoms with E-state index in [-0.39, 0.29) is 11.7 Å². The van der Waals surface area contributed by atoms with Crippen LogP contribution in [0.1, 0.15) is 22.8 Å². The molecule has 0 unspecified atom stereocenters. The van der Waals surface area contributed by atoms with E-state index in [2.05, 4.69) is 17.2 Å². The standard InChI is InChI=1S/C12H13NO2/c1-3-4-7-13-12(15)11-6-5-10(14)8-9(11)2/h5-6,8,14H,7H2,1-2H3,(H,13,15). The molecule has 1 amide bonds. The minimum Gasteiger partial charge on any atom is -0.508 e. The van der Waals surface area contributed by atoms with Crippen molar-refractivity contribution in [2.75, 3.05) is 6.54 Å². The highest BCUT2D eigenvalue weighted by Crippen LogP contribution is 2.15. The van der Waals surface area contributed by atoms with Crippen molar-refractivity contribution in [2.24, 2.45) is 0 Å². The number of aryl methyl sites for hydroxylation is 1. The molecule has 0 bridgehead atoms. The van der Waals surface area contributed by atoms with E-state index in [9.17, 15) is 9.90 Å². The molecule has 3 heteroatoms. The van der Waals surface area contributed by atoms with Crippen molar-refractivity contribution in [3.05, 3.63) is 29.3 Å². The van der Waals surface area contributed by atoms with Crippen molar-refractivity contribution in [2.45, 2.75) is 13.8 Å². The van der Waals surface area contributed by atoms with Crippen molar-refractivity contribution < 1.29 is 9.90 Å². The second-order valence-electron chi connectivity index (χ2n) is 3.11. The minimum atomic E-state index is -0.171. The van der Waals surface area contributed by atoms with Gasteiger partial charge >= 0.3 is 0 Å². The van der Waals surface area contributed by atoms with Gasteiger partial charge in [0, 0.05) is 5.56 Å². The normalized spacial score (nSPS) is 8.93. The molecule has 0 spiro atoms. The van der Waals surface area contributed by atoms with E-state index in [1.165, 1.54) is 6.07 Å². The zero-order chi connectivity index (χ0) is 11.3. The van der Waals surface area contributed by atoms with Gasteiger partial charge in [0.25, 0.3) is 5.91 Å². The van der Waals surface area contributed by atoms with Crippen LogP contribution in [0.3, 0.4) is 0 Å². The maximum atomic E-state index is 11.6. The Bertz CT molecular complexity index is 427. The zero-order valence-electron chi connectivity index (χ0n) is 8.79. The fourth-order valence-electron chi connectivity index (χ4n) is 1.21. The summed E-state index contributed by atoms with van der Waals surface area (Å²) in [5.41, 5.74) is 1.31. The van der Waals surface area contributed by atoms with E-state index in [4.69, 9.17) is 0 Å². The van der Waals surface area contributed by atoms with E-state index >= 15 is 0 Å². The number of hydrogen-bond donors (Lipinski definition) is 2. The van der Waals surface area contributed by atoms with Crippen LogP contribution in [0.25, 0.3) is 0 Å². The summed E-state index contributed by atoms with van der Waals surface area (Å²) >= 11 is 0. The molecule has 78 valence electrons. The Morgan fingerprint density at radius 1 is 1.53 bits per heavy atom. The Labute approximate surface area is 89.1 Å². The first-order valence-electron chi connectivity index (χ1n) is 4.62. The number of rotatable bonds is 2. The summed E-state index contributed by atoms with van der Waals surface area (Å²) in [5, 5.41) is 11.8. The fourth-order valence-corrected chi connectivity index (χ4v) is 1.21. The van der Waals surface area contributed by atoms with Crippen molar-refractivity contribution in [1.82, 2.24) is 5.32 Å². The van der Waals surface area contributed by atoms with Gasteiger partial charge in [-0.15, -0.1) is 5.92 Å². The second kappa shape index (κ2) is 5.06. The molecule has 0 radical (unpaired) electrons. The number of hydrogen-bond acceptors (Lipinski definition) is 2. The Morgan fingerprint density at radius 3 is 2.87 bits per heavy atom. The predicted molar refractivity (Wildman–Crippen MR) is 58.6 cm³/mol. The fraction of sp³-hybridized carbons (Fsp3) is 0.250. The van der Waals surface area contributed by atoms with Crippen molar-refractivity contribution in [3.63, 3.8) is 0 Å². The molecule has 0 saturated heterocycles. The summed E-state index contributed by atoms with van der Waals surface area (Å²) in [6, 6.07) is 4.65. The molecule has 0 aliphatic carbocycles. The highest BCUT2D eigenvalue weighted by Gasteiger charge is 2.07. The lowest BCUT2D eigenvalue weighted by molar-refractivity contribution is 0.0958. The maximum absolute atomic E-state index is 11.6. The van der Waals surface area contributed by atoms with Crippen molar-refractivity contribution in [1.29, 1.82) is 0 Å². The molecule has 0 aliphatic heterocycles. The molecule has 0 fully saturated rings. The first-order valence-corrected chi connectivity index (χ1v) is 4.62. The quantitative estimate of drug-likeness (QED) is 0.715. The maximum Gasteiger partial charge on any atom is 0.252 e. The van der Waals surface area contributed by atoms with Gasteiger partial charge in [0.2, 0.25) is 0 Å². The third kappa shape index (κ3) is 3.03. The molecule has 0 heterocycles. The van der Waals surface area contributed by atoms with Gasteiger partial charge in [0.1, 0.15) is 5.75 Å². The van der Waals surface area contributed by atoms with Crippen LogP contribution < -0.4 is 5.32 Å². The Kier molecular flexibility index (Phi) is 3.75. The molecule has 0 atom stereocenters. The molecule has 1 aromatic carbocycles. The van der Waals surface area contributed by atoms with Gasteiger partial charge in [-0.3, -0.25) is 4.79 Å². The topological polar surface area (TPSA) is 49.3 Å². The molecule has 0 aliphatic rings. The van der Waals surface area contributed by atoms with Crippen LogP contribution in [-0.2, 0) is 0 Å². The zero-order valence-corrected chi connectivity index (χ0v) is 8.79. The number of amides is 1. The van der Waals surface area contributed by atoms with Crippen LogP contribution in [0, 0.1) is 18.8 Å². The lowest BCUT2D eigenvalue weighted by Crippen LogP contribution is -2.24. The summed E-state index contributed by atoms with van der Waals surface area (Å²) in [7, 11) is 0. The highest BCUT2D eigenvalue weighted by molar-refractivity contribution is 5.95. The lowest BCUT2D eigenvalue weighted by Gasteiger charge is -2.05. The van der Waals surface area contributed by atoms with Gasteiger partial charge in [-0.25, -0.2) is 0 Å². The van der Waals surface area contributed by atoms with Gasteiger partial charge in [-0.1, -0.05) is 5.92 Å². The largest absolute Gasteiger partial charge is 0.508 e. The van der Waals surface area contributed by atoms with Crippen molar-refractivity contribution >= 4 is 5.91 Å². The lowest BCUT2D eigenvalue weighted by atomic mass is 10.1. The Morgan fingerprint density at radius 2 is 2.27 bits per heavy atom. The summed E-state index contributed by atoms with van der Waals surface area (Å²) in [4.78, 5) is 11.6. The van der Waals surface area contributed by atoms with Crippen LogP contribution in [0.4, 0.5) is 0 Å². The highest BCUT2D eigenvalue weighted by atomic mass is 16.3. The summed E-state index contributed by atoms with van der Waals surface area (Å²) < 4.78 is 0. The molecule has 1 rings (SSSR count). The smallest absolute Gasteiger partial charge is 0.252 e. The van der Waals surface area contributed by atoms with Crippen LogP contribution in [0.5, 0.6) is 5.75 Å². The first kappa shape index (κ1) is 11.1. The van der Waals surface area contributed by atoms with Gasteiger partial charge in [0.15, 0.2) is 0 Å². The average molecular weight is 203 g/mol. The molecule has 0 saturated carbocycles. The Balaban J connectivity index is 2.76. The molecule has 1 aromatic rings. The number of aromatic hydroxyl groups is 1. The van der Waals surface area contributed by atoms with Crippen LogP contribution >= 0.6 is 0 Å². The molecule has 2 N–H and O–H groups in total. The minimum absolute atomic E-state index is 0.164. The number of carbonyl (C=O) groups excluding carboxylic acids is 1. The van der Waals surface area contributed by atoms with E-state index in [1.54, 1.807) is 26.0 Å². The average Bonchev–Trinajstić information content (AvgIpc) is 2.17. The molecular formula is C12H13NO2. The number of phenolic OH excluding ortho intramolecular Hbond substituents is 1. The summed E-state index contributed by atoms with van der Waals surface area (Å²) in [6.45, 7) is 3.84. The van der Waals surface area contributed by atoms with Crippen LogP contribution in [0.15, 0.2) is 18.2 Å². The van der Waals surface area contributed by atoms with Crippen LogP contribution in [-0.4, -0.2) is 17.6 Å². The van der Waals surface area contributed by atoms with Gasteiger partial charge in [0.05, 0.1) is 6.54 Å². The number of carbonyl (C=O) groups is 1. The van der Waals surface area contributed by atoms with Gasteiger partial charge in [-0.05, 0) is 37.6 Å². The number of benzene rings is 1.